The van der Waals surface area contributed by atoms with E-state index in [1.165, 1.54) is 5.56 Å². The second-order valence-electron chi connectivity index (χ2n) is 8.97. The summed E-state index contributed by atoms with van der Waals surface area (Å²) in [5.41, 5.74) is 0.742. The molecule has 0 radical (unpaired) electrons. The van der Waals surface area contributed by atoms with E-state index < -0.39 is 17.1 Å². The number of piperidine rings is 1. The van der Waals surface area contributed by atoms with Gasteiger partial charge in [0.15, 0.2) is 23.4 Å². The van der Waals surface area contributed by atoms with E-state index in [4.69, 9.17) is 9.47 Å². The van der Waals surface area contributed by atoms with Crippen LogP contribution in [-0.2, 0) is 16.6 Å². The standard InChI is InChI=1S/C22H29NO4/c1-4-13(2)12-23-10-9-21-18-14-5-6-16(26-3)19(18)27-20(21)15(24)7-8-22(21,25)17(23)11-14/h5-6,13,17,20,25H,4,7-12H2,1-3H3/t13?,17?,20?,21-,22+/m1/s1. The topological polar surface area (TPSA) is 59.0 Å². The van der Waals surface area contributed by atoms with Gasteiger partial charge in [-0.15, -0.1) is 0 Å². The molecule has 5 rings (SSSR count). The second-order valence-corrected chi connectivity index (χ2v) is 8.97. The summed E-state index contributed by atoms with van der Waals surface area (Å²) in [4.78, 5) is 15.4. The van der Waals surface area contributed by atoms with Gasteiger partial charge in [0.2, 0.25) is 0 Å². The summed E-state index contributed by atoms with van der Waals surface area (Å²) in [6, 6.07) is 4.11. The van der Waals surface area contributed by atoms with Gasteiger partial charge >= 0.3 is 0 Å². The Kier molecular flexibility index (Phi) is 3.70. The Labute approximate surface area is 160 Å². The SMILES string of the molecule is CCC(C)CN1CC[C@@]23c4c5ccc(OC)c4OC2C(=O)CC[C@]3(O)C1C5. The molecular formula is C22H29NO4. The first-order valence-electron chi connectivity index (χ1n) is 10.3. The number of methoxy groups -OCH3 is 1. The number of carbonyl (C=O) groups is 1. The zero-order valence-corrected chi connectivity index (χ0v) is 16.5. The molecule has 1 spiro atoms. The molecule has 2 fully saturated rings. The highest BCUT2D eigenvalue weighted by Gasteiger charge is 2.73. The Hall–Kier alpha value is -1.59. The molecule has 2 aliphatic carbocycles. The van der Waals surface area contributed by atoms with E-state index in [2.05, 4.69) is 24.8 Å². The van der Waals surface area contributed by atoms with Crippen molar-refractivity contribution >= 4 is 5.78 Å². The summed E-state index contributed by atoms with van der Waals surface area (Å²) in [6.45, 7) is 6.40. The van der Waals surface area contributed by atoms with Gasteiger partial charge in [0.25, 0.3) is 0 Å². The number of likely N-dealkylation sites (tertiary alicyclic amines) is 1. The molecule has 4 aliphatic rings. The van der Waals surface area contributed by atoms with Crippen LogP contribution in [0, 0.1) is 5.92 Å². The van der Waals surface area contributed by atoms with Gasteiger partial charge in [-0.3, -0.25) is 9.69 Å². The summed E-state index contributed by atoms with van der Waals surface area (Å²) < 4.78 is 11.8. The minimum absolute atomic E-state index is 0.0475. The van der Waals surface area contributed by atoms with Gasteiger partial charge in [-0.1, -0.05) is 26.3 Å². The third-order valence-electron chi connectivity index (χ3n) is 7.82. The molecule has 1 aromatic rings. The summed E-state index contributed by atoms with van der Waals surface area (Å²) in [5.74, 6) is 2.09. The quantitative estimate of drug-likeness (QED) is 0.881. The summed E-state index contributed by atoms with van der Waals surface area (Å²) in [7, 11) is 1.63. The third kappa shape index (κ3) is 1.99. The van der Waals surface area contributed by atoms with E-state index >= 15 is 0 Å². The molecule has 5 heteroatoms. The van der Waals surface area contributed by atoms with Crippen LogP contribution in [0.1, 0.15) is 50.7 Å². The lowest BCUT2D eigenvalue weighted by Gasteiger charge is -2.62. The molecule has 1 aromatic carbocycles. The zero-order valence-electron chi connectivity index (χ0n) is 16.5. The first-order chi connectivity index (χ1) is 13.0. The van der Waals surface area contributed by atoms with Crippen molar-refractivity contribution < 1.29 is 19.4 Å². The number of carbonyl (C=O) groups excluding carboxylic acids is 1. The predicted octanol–water partition coefficient (Wildman–Crippen LogP) is 2.46. The van der Waals surface area contributed by atoms with Crippen molar-refractivity contribution in [3.8, 4) is 11.5 Å². The highest BCUT2D eigenvalue weighted by Crippen LogP contribution is 2.64. The molecule has 2 bridgehead atoms. The average Bonchev–Trinajstić information content (AvgIpc) is 3.02. The Morgan fingerprint density at radius 2 is 2.22 bits per heavy atom. The predicted molar refractivity (Wildman–Crippen MR) is 101 cm³/mol. The van der Waals surface area contributed by atoms with Crippen molar-refractivity contribution in [2.75, 3.05) is 20.2 Å². The maximum Gasteiger partial charge on any atom is 0.174 e. The maximum absolute atomic E-state index is 12.9. The van der Waals surface area contributed by atoms with Crippen molar-refractivity contribution in [1.29, 1.82) is 0 Å². The van der Waals surface area contributed by atoms with Crippen LogP contribution in [-0.4, -0.2) is 53.7 Å². The molecule has 5 atom stereocenters. The van der Waals surface area contributed by atoms with Crippen molar-refractivity contribution in [3.05, 3.63) is 23.3 Å². The molecule has 0 amide bonds. The van der Waals surface area contributed by atoms with Gasteiger partial charge in [0, 0.05) is 24.6 Å². The minimum Gasteiger partial charge on any atom is -0.493 e. The van der Waals surface area contributed by atoms with Crippen LogP contribution in [0.3, 0.4) is 0 Å². The third-order valence-corrected chi connectivity index (χ3v) is 7.82. The first-order valence-corrected chi connectivity index (χ1v) is 10.3. The van der Waals surface area contributed by atoms with Crippen LogP contribution in [0.2, 0.25) is 0 Å². The monoisotopic (exact) mass is 371 g/mol. The van der Waals surface area contributed by atoms with Crippen LogP contribution in [0.4, 0.5) is 0 Å². The normalized spacial score (nSPS) is 37.6. The van der Waals surface area contributed by atoms with Gasteiger partial charge in [-0.25, -0.2) is 0 Å². The number of nitrogens with zero attached hydrogens (tertiary/aromatic N) is 1. The number of ketones is 1. The summed E-state index contributed by atoms with van der Waals surface area (Å²) in [6.07, 6.45) is 3.06. The van der Waals surface area contributed by atoms with Gasteiger partial charge in [0.05, 0.1) is 18.1 Å². The van der Waals surface area contributed by atoms with Gasteiger partial charge in [-0.05, 0) is 43.4 Å². The number of ether oxygens (including phenoxy) is 2. The number of aliphatic hydroxyl groups is 1. The summed E-state index contributed by atoms with van der Waals surface area (Å²) >= 11 is 0. The Morgan fingerprint density at radius 3 is 2.96 bits per heavy atom. The van der Waals surface area contributed by atoms with E-state index in [0.717, 1.165) is 37.9 Å². The van der Waals surface area contributed by atoms with E-state index in [1.54, 1.807) is 7.11 Å². The van der Waals surface area contributed by atoms with Crippen LogP contribution in [0.5, 0.6) is 11.5 Å². The molecule has 5 nitrogen and oxygen atoms in total. The lowest BCUT2D eigenvalue weighted by molar-refractivity contribution is -0.189. The van der Waals surface area contributed by atoms with Gasteiger partial charge in [0.1, 0.15) is 0 Å². The molecule has 1 N–H and O–H groups in total. The van der Waals surface area contributed by atoms with Crippen LogP contribution >= 0.6 is 0 Å². The number of hydrogen-bond donors (Lipinski definition) is 1. The molecule has 2 aliphatic heterocycles. The van der Waals surface area contributed by atoms with E-state index in [9.17, 15) is 9.90 Å². The van der Waals surface area contributed by atoms with Crippen molar-refractivity contribution in [1.82, 2.24) is 4.90 Å². The lowest BCUT2D eigenvalue weighted by atomic mass is 9.49. The fourth-order valence-electron chi connectivity index (χ4n) is 6.31. The molecule has 27 heavy (non-hydrogen) atoms. The van der Waals surface area contributed by atoms with Crippen LogP contribution in [0.25, 0.3) is 0 Å². The highest BCUT2D eigenvalue weighted by molar-refractivity contribution is 5.90. The maximum atomic E-state index is 12.9. The number of rotatable bonds is 4. The molecule has 0 aromatic heterocycles. The lowest BCUT2D eigenvalue weighted by Crippen LogP contribution is -2.76. The smallest absolute Gasteiger partial charge is 0.174 e. The summed E-state index contributed by atoms with van der Waals surface area (Å²) in [5, 5.41) is 12.1. The number of hydrogen-bond acceptors (Lipinski definition) is 5. The Bertz CT molecular complexity index is 808. The molecule has 2 heterocycles. The number of Topliss-reactive ketones (excluding diaryl/α,β-unsaturated/α-hetero) is 1. The van der Waals surface area contributed by atoms with E-state index in [-0.39, 0.29) is 11.8 Å². The minimum atomic E-state index is -0.915. The van der Waals surface area contributed by atoms with Crippen LogP contribution < -0.4 is 9.47 Å². The fraction of sp³-hybridized carbons (Fsp3) is 0.682. The Balaban J connectivity index is 1.69. The number of benzene rings is 1. The molecule has 1 saturated carbocycles. The zero-order chi connectivity index (χ0) is 19.0. The molecule has 3 unspecified atom stereocenters. The van der Waals surface area contributed by atoms with E-state index in [1.807, 2.05) is 6.07 Å². The second kappa shape index (κ2) is 5.71. The Morgan fingerprint density at radius 1 is 1.41 bits per heavy atom. The van der Waals surface area contributed by atoms with Crippen molar-refractivity contribution in [2.24, 2.45) is 5.92 Å². The van der Waals surface area contributed by atoms with Crippen molar-refractivity contribution in [2.45, 2.75) is 69.1 Å². The molecule has 1 saturated heterocycles. The fourth-order valence-corrected chi connectivity index (χ4v) is 6.31. The first kappa shape index (κ1) is 17.5. The molecule has 146 valence electrons. The largest absolute Gasteiger partial charge is 0.493 e. The van der Waals surface area contributed by atoms with Crippen molar-refractivity contribution in [3.63, 3.8) is 0 Å². The van der Waals surface area contributed by atoms with Gasteiger partial charge in [-0.2, -0.15) is 0 Å². The van der Waals surface area contributed by atoms with E-state index in [0.29, 0.717) is 30.3 Å². The van der Waals surface area contributed by atoms with Gasteiger partial charge < -0.3 is 14.6 Å². The molecular weight excluding hydrogens is 342 g/mol. The average molecular weight is 371 g/mol. The van der Waals surface area contributed by atoms with Crippen LogP contribution in [0.15, 0.2) is 12.1 Å². The highest BCUT2D eigenvalue weighted by atomic mass is 16.5.